The Kier molecular flexibility index (Phi) is 3.69. The van der Waals surface area contributed by atoms with Crippen molar-refractivity contribution < 1.29 is 14.3 Å². The van der Waals surface area contributed by atoms with E-state index in [2.05, 4.69) is 5.32 Å². The maximum absolute atomic E-state index is 11.7. The van der Waals surface area contributed by atoms with E-state index in [4.69, 9.17) is 4.74 Å². The highest BCUT2D eigenvalue weighted by atomic mass is 16.5. The van der Waals surface area contributed by atoms with E-state index in [0.29, 0.717) is 17.9 Å². The normalized spacial score (nSPS) is 19.5. The molecule has 2 aliphatic carbocycles. The van der Waals surface area contributed by atoms with Crippen molar-refractivity contribution in [3.63, 3.8) is 0 Å². The van der Waals surface area contributed by atoms with Gasteiger partial charge in [0.25, 0.3) is 5.91 Å². The Labute approximate surface area is 102 Å². The Hall–Kier alpha value is -1.06. The summed E-state index contributed by atoms with van der Waals surface area (Å²) in [6.07, 6.45) is 4.92. The van der Waals surface area contributed by atoms with Crippen molar-refractivity contribution in [1.29, 1.82) is 0 Å². The van der Waals surface area contributed by atoms with Crippen molar-refractivity contribution in [2.75, 3.05) is 6.61 Å². The third-order valence-electron chi connectivity index (χ3n) is 3.40. The van der Waals surface area contributed by atoms with Crippen LogP contribution in [0.15, 0.2) is 0 Å². The van der Waals surface area contributed by atoms with E-state index in [-0.39, 0.29) is 24.4 Å². The lowest BCUT2D eigenvalue weighted by molar-refractivity contribution is -0.151. The van der Waals surface area contributed by atoms with Gasteiger partial charge >= 0.3 is 5.97 Å². The smallest absolute Gasteiger partial charge is 0.308 e. The molecule has 0 spiro atoms. The van der Waals surface area contributed by atoms with E-state index in [1.165, 1.54) is 25.7 Å². The first-order valence-corrected chi connectivity index (χ1v) is 6.54. The molecule has 0 bridgehead atoms. The number of hydrogen-bond acceptors (Lipinski definition) is 3. The average molecular weight is 239 g/mol. The molecule has 0 radical (unpaired) electrons. The van der Waals surface area contributed by atoms with Crippen molar-refractivity contribution in [3.05, 3.63) is 0 Å². The number of hydrogen-bond donors (Lipinski definition) is 1. The number of carbonyl (C=O) groups is 2. The van der Waals surface area contributed by atoms with Gasteiger partial charge < -0.3 is 10.1 Å². The second kappa shape index (κ2) is 5.07. The van der Waals surface area contributed by atoms with Crippen LogP contribution < -0.4 is 5.32 Å². The van der Waals surface area contributed by atoms with Crippen LogP contribution in [0.4, 0.5) is 0 Å². The zero-order chi connectivity index (χ0) is 12.4. The highest BCUT2D eigenvalue weighted by Crippen LogP contribution is 2.44. The first kappa shape index (κ1) is 12.4. The Bertz CT molecular complexity index is 294. The van der Waals surface area contributed by atoms with Crippen LogP contribution in [0.2, 0.25) is 0 Å². The topological polar surface area (TPSA) is 55.4 Å². The lowest BCUT2D eigenvalue weighted by atomic mass is 10.1. The van der Waals surface area contributed by atoms with Crippen LogP contribution in [0.3, 0.4) is 0 Å². The lowest BCUT2D eigenvalue weighted by Gasteiger charge is -2.17. The molecule has 17 heavy (non-hydrogen) atoms. The predicted octanol–water partition coefficient (Wildman–Crippen LogP) is 1.49. The number of ether oxygens (including phenoxy) is 1. The molecule has 0 saturated heterocycles. The standard InChI is InChI=1S/C13H21NO3/c1-8(2)13(16)17-7-11(15)14-12(9-3-4-9)10-5-6-10/h8-10,12H,3-7H2,1-2H3,(H,14,15). The number of amides is 1. The van der Waals surface area contributed by atoms with Crippen LogP contribution in [0, 0.1) is 17.8 Å². The van der Waals surface area contributed by atoms with Crippen LogP contribution in [0.1, 0.15) is 39.5 Å². The molecule has 0 atom stereocenters. The molecule has 0 aromatic rings. The zero-order valence-corrected chi connectivity index (χ0v) is 10.6. The Morgan fingerprint density at radius 2 is 1.71 bits per heavy atom. The van der Waals surface area contributed by atoms with Crippen molar-refractivity contribution in [2.24, 2.45) is 17.8 Å². The molecule has 96 valence electrons. The summed E-state index contributed by atoms with van der Waals surface area (Å²) < 4.78 is 4.92. The number of rotatable bonds is 6. The first-order chi connectivity index (χ1) is 8.08. The molecule has 2 saturated carbocycles. The molecule has 1 N–H and O–H groups in total. The third kappa shape index (κ3) is 3.72. The van der Waals surface area contributed by atoms with Crippen molar-refractivity contribution in [2.45, 2.75) is 45.6 Å². The van der Waals surface area contributed by atoms with Crippen molar-refractivity contribution >= 4 is 11.9 Å². The minimum Gasteiger partial charge on any atom is -0.455 e. The summed E-state index contributed by atoms with van der Waals surface area (Å²) in [7, 11) is 0. The molecule has 4 heteroatoms. The molecule has 2 aliphatic rings. The predicted molar refractivity (Wildman–Crippen MR) is 63.2 cm³/mol. The van der Waals surface area contributed by atoms with Gasteiger partial charge in [-0.05, 0) is 37.5 Å². The summed E-state index contributed by atoms with van der Waals surface area (Å²) in [4.78, 5) is 22.9. The Morgan fingerprint density at radius 3 is 2.12 bits per heavy atom. The van der Waals surface area contributed by atoms with Crippen LogP contribution >= 0.6 is 0 Å². The number of esters is 1. The molecule has 4 nitrogen and oxygen atoms in total. The van der Waals surface area contributed by atoms with E-state index in [0.717, 1.165) is 0 Å². The number of carbonyl (C=O) groups excluding carboxylic acids is 2. The molecule has 0 aliphatic heterocycles. The quantitative estimate of drug-likeness (QED) is 0.714. The van der Waals surface area contributed by atoms with Gasteiger partial charge in [0.1, 0.15) is 0 Å². The molecule has 0 aromatic heterocycles. The van der Waals surface area contributed by atoms with Crippen LogP contribution in [-0.4, -0.2) is 24.5 Å². The minimum absolute atomic E-state index is 0.132. The second-order valence-corrected chi connectivity index (χ2v) is 5.53. The van der Waals surface area contributed by atoms with Gasteiger partial charge in [-0.25, -0.2) is 0 Å². The molecule has 0 aromatic carbocycles. The van der Waals surface area contributed by atoms with Gasteiger partial charge in [-0.1, -0.05) is 13.8 Å². The largest absolute Gasteiger partial charge is 0.455 e. The van der Waals surface area contributed by atoms with E-state index in [1.54, 1.807) is 13.8 Å². The zero-order valence-electron chi connectivity index (χ0n) is 10.6. The minimum atomic E-state index is -0.311. The summed E-state index contributed by atoms with van der Waals surface area (Å²) in [5, 5.41) is 3.02. The number of nitrogens with one attached hydrogen (secondary N) is 1. The summed E-state index contributed by atoms with van der Waals surface area (Å²) in [5.41, 5.74) is 0. The van der Waals surface area contributed by atoms with Gasteiger partial charge in [0.05, 0.1) is 5.92 Å². The van der Waals surface area contributed by atoms with E-state index in [1.807, 2.05) is 0 Å². The summed E-state index contributed by atoms with van der Waals surface area (Å²) >= 11 is 0. The van der Waals surface area contributed by atoms with Crippen molar-refractivity contribution in [3.8, 4) is 0 Å². The fourth-order valence-corrected chi connectivity index (χ4v) is 2.06. The third-order valence-corrected chi connectivity index (χ3v) is 3.40. The summed E-state index contributed by atoms with van der Waals surface area (Å²) in [5.74, 6) is 0.710. The van der Waals surface area contributed by atoms with E-state index in [9.17, 15) is 9.59 Å². The summed E-state index contributed by atoms with van der Waals surface area (Å²) in [6.45, 7) is 3.39. The SMILES string of the molecule is CC(C)C(=O)OCC(=O)NC(C1CC1)C1CC1. The van der Waals surface area contributed by atoms with Gasteiger partial charge in [-0.3, -0.25) is 9.59 Å². The highest BCUT2D eigenvalue weighted by molar-refractivity contribution is 5.81. The van der Waals surface area contributed by atoms with Gasteiger partial charge in [-0.15, -0.1) is 0 Å². The highest BCUT2D eigenvalue weighted by Gasteiger charge is 2.42. The van der Waals surface area contributed by atoms with Crippen molar-refractivity contribution in [1.82, 2.24) is 5.32 Å². The fraction of sp³-hybridized carbons (Fsp3) is 0.846. The average Bonchev–Trinajstić information content (AvgIpc) is 3.15. The summed E-state index contributed by atoms with van der Waals surface area (Å²) in [6, 6.07) is 0.334. The maximum atomic E-state index is 11.7. The fourth-order valence-electron chi connectivity index (χ4n) is 2.06. The Balaban J connectivity index is 1.70. The second-order valence-electron chi connectivity index (χ2n) is 5.53. The molecule has 1 amide bonds. The van der Waals surface area contributed by atoms with Crippen LogP contribution in [-0.2, 0) is 14.3 Å². The molecule has 2 fully saturated rings. The van der Waals surface area contributed by atoms with Gasteiger partial charge in [0.15, 0.2) is 6.61 Å². The van der Waals surface area contributed by atoms with E-state index >= 15 is 0 Å². The van der Waals surface area contributed by atoms with E-state index < -0.39 is 0 Å². The molecule has 2 rings (SSSR count). The lowest BCUT2D eigenvalue weighted by Crippen LogP contribution is -2.40. The Morgan fingerprint density at radius 1 is 1.18 bits per heavy atom. The van der Waals surface area contributed by atoms with Crippen LogP contribution in [0.25, 0.3) is 0 Å². The molecular weight excluding hydrogens is 218 g/mol. The maximum Gasteiger partial charge on any atom is 0.308 e. The van der Waals surface area contributed by atoms with Gasteiger partial charge in [-0.2, -0.15) is 0 Å². The monoisotopic (exact) mass is 239 g/mol. The molecule has 0 heterocycles. The first-order valence-electron chi connectivity index (χ1n) is 6.54. The molecule has 0 unspecified atom stereocenters. The van der Waals surface area contributed by atoms with Gasteiger partial charge in [0.2, 0.25) is 0 Å². The van der Waals surface area contributed by atoms with Gasteiger partial charge in [0, 0.05) is 6.04 Å². The molecular formula is C13H21NO3. The van der Waals surface area contributed by atoms with Crippen LogP contribution in [0.5, 0.6) is 0 Å².